The normalized spacial score (nSPS) is 14.6. The first-order valence-corrected chi connectivity index (χ1v) is 17.6. The molecule has 3 atom stereocenters. The molecule has 0 spiro atoms. The third kappa shape index (κ3) is 32.6. The molecule has 262 valence electrons. The zero-order chi connectivity index (χ0) is 34.1. The van der Waals surface area contributed by atoms with E-state index in [0.29, 0.717) is 32.1 Å². The van der Waals surface area contributed by atoms with Gasteiger partial charge in [0, 0.05) is 12.8 Å². The maximum absolute atomic E-state index is 11.9. The van der Waals surface area contributed by atoms with Crippen LogP contribution in [0.5, 0.6) is 0 Å². The van der Waals surface area contributed by atoms with Gasteiger partial charge in [-0.05, 0) is 44.4 Å². The minimum atomic E-state index is -1.03. The van der Waals surface area contributed by atoms with Crippen molar-refractivity contribution in [1.29, 1.82) is 0 Å². The highest BCUT2D eigenvalue weighted by molar-refractivity contribution is 5.70. The standard InChI is InChI=1S/C39H64O7/c1-4-5-18-26-35(40)28-21-16-17-22-29-36(41)27-20-13-10-11-15-24-31-39(44)46-33-37(42)32-45-38(43)30-23-14-9-7-6-8-12-19-25-34(2)3/h5,11,13,15-18,20-22,28-29,34-37,40-42H,4,6-10,12,14,19,23-27,30-33H2,1-3H3/b15-11-,17-16-,18-5-,20-13-,28-21+,29-22+/t35-,36+,37+/m1/s1. The van der Waals surface area contributed by atoms with Crippen LogP contribution in [-0.2, 0) is 19.1 Å². The number of esters is 2. The number of rotatable bonds is 29. The summed E-state index contributed by atoms with van der Waals surface area (Å²) in [6, 6.07) is 0. The van der Waals surface area contributed by atoms with Crippen LogP contribution in [-0.4, -0.2) is 58.8 Å². The van der Waals surface area contributed by atoms with Gasteiger partial charge in [0.1, 0.15) is 19.3 Å². The highest BCUT2D eigenvalue weighted by Gasteiger charge is 2.11. The van der Waals surface area contributed by atoms with Crippen molar-refractivity contribution in [2.24, 2.45) is 5.92 Å². The molecule has 0 amide bonds. The van der Waals surface area contributed by atoms with Gasteiger partial charge < -0.3 is 24.8 Å². The highest BCUT2D eigenvalue weighted by atomic mass is 16.6. The average Bonchev–Trinajstić information content (AvgIpc) is 3.02. The number of hydrogen-bond donors (Lipinski definition) is 3. The van der Waals surface area contributed by atoms with Crippen molar-refractivity contribution in [3.8, 4) is 0 Å². The zero-order valence-corrected chi connectivity index (χ0v) is 28.9. The Morgan fingerprint density at radius 1 is 0.609 bits per heavy atom. The molecule has 7 nitrogen and oxygen atoms in total. The average molecular weight is 645 g/mol. The summed E-state index contributed by atoms with van der Waals surface area (Å²) >= 11 is 0. The summed E-state index contributed by atoms with van der Waals surface area (Å²) in [6.45, 7) is 6.22. The summed E-state index contributed by atoms with van der Waals surface area (Å²) in [4.78, 5) is 23.8. The van der Waals surface area contributed by atoms with Crippen LogP contribution >= 0.6 is 0 Å². The van der Waals surface area contributed by atoms with Crippen LogP contribution in [0.2, 0.25) is 0 Å². The lowest BCUT2D eigenvalue weighted by atomic mass is 10.0. The van der Waals surface area contributed by atoms with Crippen LogP contribution in [0.25, 0.3) is 0 Å². The molecular weight excluding hydrogens is 580 g/mol. The smallest absolute Gasteiger partial charge is 0.306 e. The Kier molecular flexibility index (Phi) is 30.3. The topological polar surface area (TPSA) is 113 Å². The number of carbonyl (C=O) groups excluding carboxylic acids is 2. The molecule has 0 radical (unpaired) electrons. The molecule has 0 heterocycles. The van der Waals surface area contributed by atoms with Gasteiger partial charge in [0.2, 0.25) is 0 Å². The molecule has 0 aromatic carbocycles. The third-order valence-electron chi connectivity index (χ3n) is 7.06. The van der Waals surface area contributed by atoms with Crippen LogP contribution < -0.4 is 0 Å². The molecule has 0 saturated carbocycles. The Balaban J connectivity index is 3.78. The van der Waals surface area contributed by atoms with Crippen molar-refractivity contribution in [2.45, 2.75) is 142 Å². The van der Waals surface area contributed by atoms with Crippen LogP contribution in [0.4, 0.5) is 0 Å². The predicted molar refractivity (Wildman–Crippen MR) is 189 cm³/mol. The Labute approximate surface area is 279 Å². The molecule has 0 aliphatic rings. The Morgan fingerprint density at radius 3 is 1.67 bits per heavy atom. The van der Waals surface area contributed by atoms with Gasteiger partial charge >= 0.3 is 11.9 Å². The molecule has 0 bridgehead atoms. The van der Waals surface area contributed by atoms with E-state index in [9.17, 15) is 24.9 Å². The fraction of sp³-hybridized carbons (Fsp3) is 0.641. The minimum Gasteiger partial charge on any atom is -0.463 e. The van der Waals surface area contributed by atoms with Crippen molar-refractivity contribution >= 4 is 11.9 Å². The molecule has 0 fully saturated rings. The van der Waals surface area contributed by atoms with E-state index in [2.05, 4.69) is 20.8 Å². The lowest BCUT2D eigenvalue weighted by molar-refractivity contribution is -0.152. The van der Waals surface area contributed by atoms with E-state index >= 15 is 0 Å². The number of hydrogen-bond acceptors (Lipinski definition) is 7. The van der Waals surface area contributed by atoms with Crippen molar-refractivity contribution in [3.63, 3.8) is 0 Å². The van der Waals surface area contributed by atoms with E-state index in [0.717, 1.165) is 31.6 Å². The van der Waals surface area contributed by atoms with E-state index in [1.54, 1.807) is 24.3 Å². The predicted octanol–water partition coefficient (Wildman–Crippen LogP) is 8.41. The SMILES string of the molecule is CC/C=C\C[C@@H](O)/C=C/C=C\C=C\[C@@H](O)C/C=C\C/C=C\CCC(=O)OC[C@@H](O)COC(=O)CCCCCCCCCCC(C)C. The van der Waals surface area contributed by atoms with Gasteiger partial charge in [-0.3, -0.25) is 9.59 Å². The monoisotopic (exact) mass is 644 g/mol. The van der Waals surface area contributed by atoms with Crippen molar-refractivity contribution < 1.29 is 34.4 Å². The molecule has 0 unspecified atom stereocenters. The summed E-state index contributed by atoms with van der Waals surface area (Å²) < 4.78 is 10.2. The molecule has 0 aromatic rings. The summed E-state index contributed by atoms with van der Waals surface area (Å²) in [5, 5.41) is 29.7. The van der Waals surface area contributed by atoms with Crippen LogP contribution in [0.15, 0.2) is 72.9 Å². The lowest BCUT2D eigenvalue weighted by Crippen LogP contribution is -2.25. The first-order chi connectivity index (χ1) is 22.2. The van der Waals surface area contributed by atoms with Crippen molar-refractivity contribution in [1.82, 2.24) is 0 Å². The van der Waals surface area contributed by atoms with E-state index in [1.807, 2.05) is 48.6 Å². The second-order valence-electron chi connectivity index (χ2n) is 12.1. The summed E-state index contributed by atoms with van der Waals surface area (Å²) in [5.74, 6) is 0.0549. The summed E-state index contributed by atoms with van der Waals surface area (Å²) in [7, 11) is 0. The van der Waals surface area contributed by atoms with Gasteiger partial charge in [-0.25, -0.2) is 0 Å². The number of aliphatic hydroxyl groups is 3. The van der Waals surface area contributed by atoms with Crippen LogP contribution in [0.1, 0.15) is 124 Å². The lowest BCUT2D eigenvalue weighted by Gasteiger charge is -2.12. The van der Waals surface area contributed by atoms with Gasteiger partial charge in [0.15, 0.2) is 0 Å². The largest absolute Gasteiger partial charge is 0.463 e. The molecule has 46 heavy (non-hydrogen) atoms. The van der Waals surface area contributed by atoms with Crippen LogP contribution in [0, 0.1) is 5.92 Å². The number of aliphatic hydroxyl groups excluding tert-OH is 3. The molecule has 0 saturated heterocycles. The molecule has 0 aromatic heterocycles. The first-order valence-electron chi connectivity index (χ1n) is 17.6. The molecular formula is C39H64O7. The maximum Gasteiger partial charge on any atom is 0.306 e. The minimum absolute atomic E-state index is 0.171. The van der Waals surface area contributed by atoms with Gasteiger partial charge in [-0.1, -0.05) is 145 Å². The number of carbonyl (C=O) groups is 2. The molecule has 0 aliphatic heterocycles. The molecule has 0 aliphatic carbocycles. The summed E-state index contributed by atoms with van der Waals surface area (Å²) in [5.41, 5.74) is 0. The Hall–Kier alpha value is -2.74. The quantitative estimate of drug-likeness (QED) is 0.0324. The highest BCUT2D eigenvalue weighted by Crippen LogP contribution is 2.13. The molecule has 7 heteroatoms. The van der Waals surface area contributed by atoms with Crippen molar-refractivity contribution in [3.05, 3.63) is 72.9 Å². The van der Waals surface area contributed by atoms with E-state index in [4.69, 9.17) is 9.47 Å². The first kappa shape index (κ1) is 43.3. The zero-order valence-electron chi connectivity index (χ0n) is 28.9. The van der Waals surface area contributed by atoms with Gasteiger partial charge in [0.05, 0.1) is 12.2 Å². The molecule has 0 rings (SSSR count). The second kappa shape index (κ2) is 32.2. The summed E-state index contributed by atoms with van der Waals surface area (Å²) in [6.07, 6.45) is 34.7. The van der Waals surface area contributed by atoms with E-state index < -0.39 is 24.3 Å². The maximum atomic E-state index is 11.9. The van der Waals surface area contributed by atoms with Gasteiger partial charge in [-0.2, -0.15) is 0 Å². The Bertz CT molecular complexity index is 913. The third-order valence-corrected chi connectivity index (χ3v) is 7.06. The van der Waals surface area contributed by atoms with E-state index in [1.165, 1.54) is 38.5 Å². The van der Waals surface area contributed by atoms with Gasteiger partial charge in [-0.15, -0.1) is 0 Å². The Morgan fingerprint density at radius 2 is 1.11 bits per heavy atom. The fourth-order valence-corrected chi connectivity index (χ4v) is 4.35. The van der Waals surface area contributed by atoms with Crippen molar-refractivity contribution in [2.75, 3.05) is 13.2 Å². The number of ether oxygens (including phenoxy) is 2. The fourth-order valence-electron chi connectivity index (χ4n) is 4.35. The van der Waals surface area contributed by atoms with Crippen LogP contribution in [0.3, 0.4) is 0 Å². The number of allylic oxidation sites excluding steroid dienone is 8. The van der Waals surface area contributed by atoms with Gasteiger partial charge in [0.25, 0.3) is 0 Å². The second-order valence-corrected chi connectivity index (χ2v) is 12.1. The molecule has 3 N–H and O–H groups in total. The number of unbranched alkanes of at least 4 members (excludes halogenated alkanes) is 7. The van der Waals surface area contributed by atoms with E-state index in [-0.39, 0.29) is 25.6 Å².